The lowest BCUT2D eigenvalue weighted by molar-refractivity contribution is 0.0283. The van der Waals surface area contributed by atoms with E-state index in [0.29, 0.717) is 10.0 Å². The molecule has 1 unspecified atom stereocenters. The molecule has 0 amide bonds. The zero-order valence-corrected chi connectivity index (χ0v) is 10.8. The fraction of sp³-hybridized carbons (Fsp3) is 0.500. The lowest BCUT2D eigenvalue weighted by Gasteiger charge is -2.26. The molecular weight excluding hydrogens is 275 g/mol. The van der Waals surface area contributed by atoms with Crippen LogP contribution in [-0.2, 0) is 5.60 Å². The van der Waals surface area contributed by atoms with Crippen molar-refractivity contribution in [1.29, 1.82) is 0 Å². The van der Waals surface area contributed by atoms with E-state index in [0.717, 1.165) is 12.8 Å². The molecule has 0 spiro atoms. The normalized spacial score (nSPS) is 19.3. The van der Waals surface area contributed by atoms with Crippen LogP contribution in [0.25, 0.3) is 0 Å². The third-order valence-electron chi connectivity index (χ3n) is 3.15. The first kappa shape index (κ1) is 11.9. The zero-order valence-electron chi connectivity index (χ0n) is 9.26. The highest BCUT2D eigenvalue weighted by Crippen LogP contribution is 2.49. The molecule has 2 rings (SSSR count). The van der Waals surface area contributed by atoms with Crippen molar-refractivity contribution in [1.82, 2.24) is 0 Å². The minimum Gasteiger partial charge on any atom is -0.494 e. The molecule has 88 valence electrons. The summed E-state index contributed by atoms with van der Waals surface area (Å²) in [5, 5.41) is 10.4. The highest BCUT2D eigenvalue weighted by atomic mass is 79.9. The fourth-order valence-electron chi connectivity index (χ4n) is 2.00. The van der Waals surface area contributed by atoms with E-state index < -0.39 is 11.4 Å². The van der Waals surface area contributed by atoms with Crippen molar-refractivity contribution in [2.24, 2.45) is 5.92 Å². The van der Waals surface area contributed by atoms with Crippen molar-refractivity contribution in [3.05, 3.63) is 28.0 Å². The number of hydrogen-bond donors (Lipinski definition) is 1. The summed E-state index contributed by atoms with van der Waals surface area (Å²) < 4.78 is 19.6. The van der Waals surface area contributed by atoms with Crippen molar-refractivity contribution < 1.29 is 14.2 Å². The van der Waals surface area contributed by atoms with Crippen molar-refractivity contribution in [3.63, 3.8) is 0 Å². The molecule has 1 fully saturated rings. The van der Waals surface area contributed by atoms with E-state index in [9.17, 15) is 9.50 Å². The molecule has 0 radical (unpaired) electrons. The van der Waals surface area contributed by atoms with E-state index in [-0.39, 0.29) is 11.7 Å². The Morgan fingerprint density at radius 1 is 1.50 bits per heavy atom. The molecule has 0 heterocycles. The van der Waals surface area contributed by atoms with Crippen LogP contribution >= 0.6 is 15.9 Å². The number of benzene rings is 1. The Balaban J connectivity index is 2.53. The average molecular weight is 289 g/mol. The largest absolute Gasteiger partial charge is 0.494 e. The zero-order chi connectivity index (χ0) is 11.9. The second kappa shape index (κ2) is 4.00. The Morgan fingerprint density at radius 3 is 2.62 bits per heavy atom. The summed E-state index contributed by atoms with van der Waals surface area (Å²) >= 11 is 3.29. The van der Waals surface area contributed by atoms with E-state index in [4.69, 9.17) is 4.74 Å². The lowest BCUT2D eigenvalue weighted by Crippen LogP contribution is -2.26. The minimum absolute atomic E-state index is 0.144. The average Bonchev–Trinajstić information content (AvgIpc) is 3.00. The number of methoxy groups -OCH3 is 1. The van der Waals surface area contributed by atoms with Gasteiger partial charge in [-0.15, -0.1) is 0 Å². The van der Waals surface area contributed by atoms with Crippen molar-refractivity contribution in [2.75, 3.05) is 7.11 Å². The first-order chi connectivity index (χ1) is 7.48. The third-order valence-corrected chi connectivity index (χ3v) is 3.81. The van der Waals surface area contributed by atoms with Crippen LogP contribution in [0.4, 0.5) is 4.39 Å². The number of aliphatic hydroxyl groups is 1. The van der Waals surface area contributed by atoms with Gasteiger partial charge < -0.3 is 9.84 Å². The highest BCUT2D eigenvalue weighted by Gasteiger charge is 2.44. The first-order valence-corrected chi connectivity index (χ1v) is 6.02. The van der Waals surface area contributed by atoms with Gasteiger partial charge in [0.05, 0.1) is 12.7 Å². The van der Waals surface area contributed by atoms with Gasteiger partial charge in [0, 0.05) is 10.0 Å². The summed E-state index contributed by atoms with van der Waals surface area (Å²) in [6.45, 7) is 1.66. The molecule has 1 aromatic carbocycles. The minimum atomic E-state index is -1.13. The Bertz CT molecular complexity index is 414. The Hall–Kier alpha value is -0.610. The molecule has 0 aromatic heterocycles. The van der Waals surface area contributed by atoms with Gasteiger partial charge in [0.25, 0.3) is 0 Å². The van der Waals surface area contributed by atoms with Crippen molar-refractivity contribution >= 4 is 15.9 Å². The van der Waals surface area contributed by atoms with E-state index in [2.05, 4.69) is 15.9 Å². The number of hydrogen-bond acceptors (Lipinski definition) is 2. The van der Waals surface area contributed by atoms with Gasteiger partial charge in [-0.05, 0) is 37.8 Å². The fourth-order valence-corrected chi connectivity index (χ4v) is 2.71. The second-order valence-corrected chi connectivity index (χ2v) is 5.21. The Labute approximate surface area is 103 Å². The van der Waals surface area contributed by atoms with Gasteiger partial charge in [0.2, 0.25) is 0 Å². The second-order valence-electron chi connectivity index (χ2n) is 4.36. The van der Waals surface area contributed by atoms with Crippen LogP contribution in [0.15, 0.2) is 16.6 Å². The quantitative estimate of drug-likeness (QED) is 0.925. The van der Waals surface area contributed by atoms with Gasteiger partial charge in [-0.3, -0.25) is 0 Å². The van der Waals surface area contributed by atoms with Crippen LogP contribution in [0, 0.1) is 11.7 Å². The molecule has 2 nitrogen and oxygen atoms in total. The van der Waals surface area contributed by atoms with Gasteiger partial charge in [-0.2, -0.15) is 0 Å². The van der Waals surface area contributed by atoms with Crippen LogP contribution in [0.3, 0.4) is 0 Å². The highest BCUT2D eigenvalue weighted by molar-refractivity contribution is 9.10. The molecule has 0 aliphatic heterocycles. The maximum atomic E-state index is 14.1. The molecule has 1 aromatic rings. The summed E-state index contributed by atoms with van der Waals surface area (Å²) in [5.74, 6) is -0.168. The number of rotatable bonds is 3. The molecule has 1 N–H and O–H groups in total. The van der Waals surface area contributed by atoms with Crippen LogP contribution in [0.5, 0.6) is 5.75 Å². The van der Waals surface area contributed by atoms with Gasteiger partial charge in [-0.25, -0.2) is 4.39 Å². The molecule has 0 saturated heterocycles. The number of ether oxygens (including phenoxy) is 1. The molecule has 1 aliphatic rings. The van der Waals surface area contributed by atoms with Gasteiger partial charge >= 0.3 is 0 Å². The molecule has 4 heteroatoms. The molecule has 16 heavy (non-hydrogen) atoms. The summed E-state index contributed by atoms with van der Waals surface area (Å²) in [4.78, 5) is 0. The molecule has 1 aliphatic carbocycles. The summed E-state index contributed by atoms with van der Waals surface area (Å²) in [5.41, 5.74) is -0.827. The van der Waals surface area contributed by atoms with E-state index in [1.807, 2.05) is 0 Å². The first-order valence-electron chi connectivity index (χ1n) is 5.23. The van der Waals surface area contributed by atoms with Crippen LogP contribution in [-0.4, -0.2) is 12.2 Å². The van der Waals surface area contributed by atoms with E-state index >= 15 is 0 Å². The predicted octanol–water partition coefficient (Wildman–Crippen LogP) is 3.21. The standard InChI is InChI=1S/C12H14BrFO2/c1-12(15,7-3-4-7)10-8(13)5-6-9(16-2)11(10)14/h5-7,15H,3-4H2,1-2H3. The maximum Gasteiger partial charge on any atom is 0.172 e. The maximum absolute atomic E-state index is 14.1. The summed E-state index contributed by atoms with van der Waals surface area (Å²) in [6, 6.07) is 3.25. The number of halogens is 2. The van der Waals surface area contributed by atoms with Gasteiger partial charge in [0.1, 0.15) is 0 Å². The molecular formula is C12H14BrFO2. The van der Waals surface area contributed by atoms with Crippen LogP contribution < -0.4 is 4.74 Å². The topological polar surface area (TPSA) is 29.5 Å². The van der Waals surface area contributed by atoms with Crippen LogP contribution in [0.1, 0.15) is 25.3 Å². The molecule has 0 bridgehead atoms. The van der Waals surface area contributed by atoms with Crippen molar-refractivity contribution in [2.45, 2.75) is 25.4 Å². The van der Waals surface area contributed by atoms with Crippen LogP contribution in [0.2, 0.25) is 0 Å². The van der Waals surface area contributed by atoms with E-state index in [1.165, 1.54) is 7.11 Å². The third kappa shape index (κ3) is 1.84. The predicted molar refractivity (Wildman–Crippen MR) is 62.9 cm³/mol. The molecule has 1 atom stereocenters. The van der Waals surface area contributed by atoms with E-state index in [1.54, 1.807) is 19.1 Å². The van der Waals surface area contributed by atoms with Crippen molar-refractivity contribution in [3.8, 4) is 5.75 Å². The summed E-state index contributed by atoms with van der Waals surface area (Å²) in [6.07, 6.45) is 1.88. The van der Waals surface area contributed by atoms with Gasteiger partial charge in [0.15, 0.2) is 11.6 Å². The summed E-state index contributed by atoms with van der Waals surface area (Å²) in [7, 11) is 1.42. The Morgan fingerprint density at radius 2 is 2.12 bits per heavy atom. The van der Waals surface area contributed by atoms with Gasteiger partial charge in [-0.1, -0.05) is 15.9 Å². The lowest BCUT2D eigenvalue weighted by atomic mass is 9.90. The smallest absolute Gasteiger partial charge is 0.172 e. The SMILES string of the molecule is COc1ccc(Br)c(C(C)(O)C2CC2)c1F. The molecule has 1 saturated carbocycles. The Kier molecular flexibility index (Phi) is 2.97. The monoisotopic (exact) mass is 288 g/mol.